The lowest BCUT2D eigenvalue weighted by molar-refractivity contribution is -0.127. The van der Waals surface area contributed by atoms with E-state index in [1.54, 1.807) is 0 Å². The van der Waals surface area contributed by atoms with Gasteiger partial charge in [-0.3, -0.25) is 9.69 Å². The van der Waals surface area contributed by atoms with Gasteiger partial charge < -0.3 is 16.0 Å². The fourth-order valence-corrected chi connectivity index (χ4v) is 4.45. The van der Waals surface area contributed by atoms with Crippen molar-refractivity contribution in [2.75, 3.05) is 45.8 Å². The Morgan fingerprint density at radius 1 is 1.11 bits per heavy atom. The number of piperidine rings is 2. The number of rotatable bonds is 8. The summed E-state index contributed by atoms with van der Waals surface area (Å²) < 4.78 is 0. The fourth-order valence-electron chi connectivity index (χ4n) is 4.45. The van der Waals surface area contributed by atoms with Crippen LogP contribution < -0.4 is 11.1 Å². The van der Waals surface area contributed by atoms with Gasteiger partial charge in [0.15, 0.2) is 0 Å². The van der Waals surface area contributed by atoms with Crippen molar-refractivity contribution in [2.24, 2.45) is 11.7 Å². The number of benzene rings is 1. The molecule has 2 fully saturated rings. The highest BCUT2D eigenvalue weighted by atomic mass is 16.1. The van der Waals surface area contributed by atoms with Crippen molar-refractivity contribution in [3.05, 3.63) is 35.9 Å². The standard InChI is InChI=1S/C22H36N4O/c23-12-5-13-24-22(27)20-8-4-14-26(18-20)21-10-16-25(17-11-21)15-9-19-6-2-1-3-7-19/h1-3,6-7,20-21H,4-5,8-18,23H2,(H,24,27)/t20-/m0/s1. The Morgan fingerprint density at radius 2 is 1.89 bits per heavy atom. The van der Waals surface area contributed by atoms with E-state index in [0.717, 1.165) is 45.3 Å². The second-order valence-electron chi connectivity index (χ2n) is 8.08. The maximum Gasteiger partial charge on any atom is 0.224 e. The highest BCUT2D eigenvalue weighted by Gasteiger charge is 2.31. The molecule has 1 amide bonds. The zero-order valence-electron chi connectivity index (χ0n) is 16.6. The molecule has 150 valence electrons. The van der Waals surface area contributed by atoms with Crippen LogP contribution in [0.1, 0.15) is 37.7 Å². The summed E-state index contributed by atoms with van der Waals surface area (Å²) in [7, 11) is 0. The van der Waals surface area contributed by atoms with Gasteiger partial charge >= 0.3 is 0 Å². The molecule has 2 aliphatic rings. The van der Waals surface area contributed by atoms with Crippen LogP contribution in [0.5, 0.6) is 0 Å². The molecule has 1 aromatic rings. The van der Waals surface area contributed by atoms with Crippen LogP contribution in [-0.2, 0) is 11.2 Å². The van der Waals surface area contributed by atoms with Gasteiger partial charge in [-0.15, -0.1) is 0 Å². The first-order valence-corrected chi connectivity index (χ1v) is 10.7. The van der Waals surface area contributed by atoms with E-state index in [0.29, 0.717) is 19.1 Å². The van der Waals surface area contributed by atoms with Gasteiger partial charge in [-0.25, -0.2) is 0 Å². The molecule has 3 N–H and O–H groups in total. The number of nitrogens with zero attached hydrogens (tertiary/aromatic N) is 2. The van der Waals surface area contributed by atoms with Crippen LogP contribution >= 0.6 is 0 Å². The van der Waals surface area contributed by atoms with E-state index in [2.05, 4.69) is 45.4 Å². The number of hydrogen-bond acceptors (Lipinski definition) is 4. The second kappa shape index (κ2) is 10.8. The number of carbonyl (C=O) groups excluding carboxylic acids is 1. The fraction of sp³-hybridized carbons (Fsp3) is 0.682. The summed E-state index contributed by atoms with van der Waals surface area (Å²) in [6.07, 6.45) is 6.64. The van der Waals surface area contributed by atoms with Gasteiger partial charge in [0, 0.05) is 25.7 Å². The topological polar surface area (TPSA) is 61.6 Å². The highest BCUT2D eigenvalue weighted by molar-refractivity contribution is 5.78. The summed E-state index contributed by atoms with van der Waals surface area (Å²) in [6, 6.07) is 11.4. The van der Waals surface area contributed by atoms with E-state index in [-0.39, 0.29) is 11.8 Å². The molecule has 3 rings (SSSR count). The average molecular weight is 373 g/mol. The zero-order chi connectivity index (χ0) is 18.9. The van der Waals surface area contributed by atoms with E-state index in [1.807, 2.05) is 0 Å². The van der Waals surface area contributed by atoms with Gasteiger partial charge in [-0.2, -0.15) is 0 Å². The van der Waals surface area contributed by atoms with Crippen LogP contribution in [-0.4, -0.2) is 67.6 Å². The summed E-state index contributed by atoms with van der Waals surface area (Å²) in [5, 5.41) is 3.06. The van der Waals surface area contributed by atoms with Gasteiger partial charge in [-0.05, 0) is 70.3 Å². The number of hydrogen-bond donors (Lipinski definition) is 2. The van der Waals surface area contributed by atoms with Crippen LogP contribution in [0.25, 0.3) is 0 Å². The smallest absolute Gasteiger partial charge is 0.224 e. The summed E-state index contributed by atoms with van der Waals surface area (Å²) in [6.45, 7) is 6.96. The molecule has 0 aliphatic carbocycles. The SMILES string of the molecule is NCCCNC(=O)[C@H]1CCCN(C2CCN(CCc3ccccc3)CC2)C1. The molecule has 1 atom stereocenters. The molecule has 2 saturated heterocycles. The Bertz CT molecular complexity index is 557. The largest absolute Gasteiger partial charge is 0.356 e. The molecule has 1 aromatic carbocycles. The van der Waals surface area contributed by atoms with Crippen molar-refractivity contribution in [1.29, 1.82) is 0 Å². The van der Waals surface area contributed by atoms with Gasteiger partial charge in [0.05, 0.1) is 5.92 Å². The Hall–Kier alpha value is -1.43. The van der Waals surface area contributed by atoms with Crippen molar-refractivity contribution in [1.82, 2.24) is 15.1 Å². The van der Waals surface area contributed by atoms with Crippen molar-refractivity contribution in [3.8, 4) is 0 Å². The average Bonchev–Trinajstić information content (AvgIpc) is 2.73. The Labute approximate surface area is 164 Å². The van der Waals surface area contributed by atoms with E-state index in [9.17, 15) is 4.79 Å². The third-order valence-corrected chi connectivity index (χ3v) is 6.14. The molecular weight excluding hydrogens is 336 g/mol. The number of amides is 1. The van der Waals surface area contributed by atoms with Crippen LogP contribution in [0.2, 0.25) is 0 Å². The van der Waals surface area contributed by atoms with Crippen molar-refractivity contribution < 1.29 is 4.79 Å². The minimum Gasteiger partial charge on any atom is -0.356 e. The third kappa shape index (κ3) is 6.30. The van der Waals surface area contributed by atoms with E-state index >= 15 is 0 Å². The van der Waals surface area contributed by atoms with Crippen molar-refractivity contribution in [2.45, 2.75) is 44.6 Å². The van der Waals surface area contributed by atoms with Crippen LogP contribution in [0.15, 0.2) is 30.3 Å². The predicted molar refractivity (Wildman–Crippen MR) is 111 cm³/mol. The van der Waals surface area contributed by atoms with Crippen LogP contribution in [0.4, 0.5) is 0 Å². The Balaban J connectivity index is 1.39. The summed E-state index contributed by atoms with van der Waals surface area (Å²) >= 11 is 0. The zero-order valence-corrected chi connectivity index (χ0v) is 16.6. The second-order valence-corrected chi connectivity index (χ2v) is 8.08. The molecule has 0 bridgehead atoms. The predicted octanol–water partition coefficient (Wildman–Crippen LogP) is 1.87. The molecule has 0 aromatic heterocycles. The van der Waals surface area contributed by atoms with E-state index in [1.165, 1.54) is 31.5 Å². The maximum absolute atomic E-state index is 12.4. The quantitative estimate of drug-likeness (QED) is 0.684. The molecular formula is C22H36N4O. The van der Waals surface area contributed by atoms with E-state index in [4.69, 9.17) is 5.73 Å². The first-order chi connectivity index (χ1) is 13.3. The number of likely N-dealkylation sites (tertiary alicyclic amines) is 2. The van der Waals surface area contributed by atoms with E-state index < -0.39 is 0 Å². The van der Waals surface area contributed by atoms with Gasteiger partial charge in [0.2, 0.25) is 5.91 Å². The highest BCUT2D eigenvalue weighted by Crippen LogP contribution is 2.24. The lowest BCUT2D eigenvalue weighted by Crippen LogP contribution is -2.51. The number of nitrogens with one attached hydrogen (secondary N) is 1. The molecule has 0 radical (unpaired) electrons. The normalized spacial score (nSPS) is 22.6. The van der Waals surface area contributed by atoms with Gasteiger partial charge in [0.25, 0.3) is 0 Å². The van der Waals surface area contributed by atoms with Crippen molar-refractivity contribution >= 4 is 5.91 Å². The van der Waals surface area contributed by atoms with Gasteiger partial charge in [-0.1, -0.05) is 30.3 Å². The first-order valence-electron chi connectivity index (χ1n) is 10.7. The minimum absolute atomic E-state index is 0.160. The summed E-state index contributed by atoms with van der Waals surface area (Å²) in [4.78, 5) is 17.6. The molecule has 5 heteroatoms. The lowest BCUT2D eigenvalue weighted by atomic mass is 9.93. The summed E-state index contributed by atoms with van der Waals surface area (Å²) in [5.41, 5.74) is 6.94. The molecule has 0 saturated carbocycles. The van der Waals surface area contributed by atoms with Crippen LogP contribution in [0.3, 0.4) is 0 Å². The molecule has 0 unspecified atom stereocenters. The molecule has 5 nitrogen and oxygen atoms in total. The third-order valence-electron chi connectivity index (χ3n) is 6.14. The minimum atomic E-state index is 0.160. The number of carbonyl (C=O) groups is 1. The molecule has 2 heterocycles. The van der Waals surface area contributed by atoms with Gasteiger partial charge in [0.1, 0.15) is 0 Å². The molecule has 27 heavy (non-hydrogen) atoms. The monoisotopic (exact) mass is 372 g/mol. The Kier molecular flexibility index (Phi) is 8.11. The number of nitrogens with two attached hydrogens (primary N) is 1. The Morgan fingerprint density at radius 3 is 2.63 bits per heavy atom. The lowest BCUT2D eigenvalue weighted by Gasteiger charge is -2.42. The molecule has 0 spiro atoms. The maximum atomic E-state index is 12.4. The molecule has 2 aliphatic heterocycles. The summed E-state index contributed by atoms with van der Waals surface area (Å²) in [5.74, 6) is 0.390. The van der Waals surface area contributed by atoms with Crippen molar-refractivity contribution in [3.63, 3.8) is 0 Å². The van der Waals surface area contributed by atoms with Crippen LogP contribution in [0, 0.1) is 5.92 Å². The first kappa shape index (κ1) is 20.3.